The maximum Gasteiger partial charge on any atom is 0.355 e. The van der Waals surface area contributed by atoms with Gasteiger partial charge in [-0.05, 0) is 13.8 Å². The lowest BCUT2D eigenvalue weighted by atomic mass is 10.5. The number of aromatic nitrogens is 4. The first-order valence-corrected chi connectivity index (χ1v) is 8.82. The Hall–Kier alpha value is -2.29. The normalized spacial score (nSPS) is 12.1. The molecule has 0 spiro atoms. The summed E-state index contributed by atoms with van der Waals surface area (Å²) in [5, 5.41) is 2.39. The van der Waals surface area contributed by atoms with Crippen LogP contribution in [0.5, 0.6) is 0 Å². The molecule has 0 atom stereocenters. The molecule has 130 valence electrons. The van der Waals surface area contributed by atoms with E-state index in [4.69, 9.17) is 9.05 Å². The third-order valence-electron chi connectivity index (χ3n) is 2.75. The van der Waals surface area contributed by atoms with Gasteiger partial charge in [0, 0.05) is 18.9 Å². The minimum absolute atomic E-state index is 0.00653. The fraction of sp³-hybridized carbons (Fsp3) is 0.385. The summed E-state index contributed by atoms with van der Waals surface area (Å²) in [5.41, 5.74) is -0.233. The maximum atomic E-state index is 12.4. The van der Waals surface area contributed by atoms with Gasteiger partial charge < -0.3 is 9.05 Å². The Morgan fingerprint density at radius 2 is 2.08 bits per heavy atom. The first-order chi connectivity index (χ1) is 11.4. The van der Waals surface area contributed by atoms with E-state index in [1.165, 1.54) is 29.8 Å². The van der Waals surface area contributed by atoms with Crippen LogP contribution in [0.1, 0.15) is 20.8 Å². The molecule has 0 bridgehead atoms. The minimum atomic E-state index is -3.40. The van der Waals surface area contributed by atoms with Crippen LogP contribution >= 0.6 is 7.60 Å². The maximum absolute atomic E-state index is 12.4. The first-order valence-electron chi connectivity index (χ1n) is 7.21. The molecule has 0 saturated heterocycles. The highest BCUT2D eigenvalue weighted by Gasteiger charge is 2.19. The second-order valence-corrected chi connectivity index (χ2v) is 6.49. The first kappa shape index (κ1) is 18.1. The average molecular weight is 355 g/mol. The Kier molecular flexibility index (Phi) is 5.66. The Balaban J connectivity index is 2.43. The zero-order valence-corrected chi connectivity index (χ0v) is 14.4. The molecule has 0 radical (unpaired) electrons. The molecule has 0 aliphatic heterocycles. The van der Waals surface area contributed by atoms with E-state index in [0.717, 1.165) is 0 Å². The van der Waals surface area contributed by atoms with E-state index in [0.29, 0.717) is 0 Å². The van der Waals surface area contributed by atoms with Crippen molar-refractivity contribution in [3.63, 3.8) is 0 Å². The van der Waals surface area contributed by atoms with Gasteiger partial charge >= 0.3 is 7.60 Å². The van der Waals surface area contributed by atoms with Crippen molar-refractivity contribution in [2.45, 2.75) is 20.8 Å². The van der Waals surface area contributed by atoms with Crippen LogP contribution in [0.25, 0.3) is 17.4 Å². The number of hydrogen-bond acceptors (Lipinski definition) is 7. The zero-order chi connectivity index (χ0) is 17.7. The third kappa shape index (κ3) is 4.16. The molecule has 11 heteroatoms. The molecule has 2 rings (SSSR count). The van der Waals surface area contributed by atoms with E-state index >= 15 is 0 Å². The topological polar surface area (TPSA) is 128 Å². The van der Waals surface area contributed by atoms with Crippen molar-refractivity contribution in [2.24, 2.45) is 0 Å². The number of aromatic amines is 1. The predicted molar refractivity (Wildman–Crippen MR) is 88.6 cm³/mol. The SMILES string of the molecule is CCOP(=O)(/C=C\n1cnc2c(=O)[nH]c(NC(C)=O)nc21)OCC. The van der Waals surface area contributed by atoms with Crippen LogP contribution in [-0.2, 0) is 18.4 Å². The number of fused-ring (bicyclic) bond motifs is 1. The molecule has 1 amide bonds. The molecule has 24 heavy (non-hydrogen) atoms. The molecule has 10 nitrogen and oxygen atoms in total. The van der Waals surface area contributed by atoms with Crippen LogP contribution in [0.3, 0.4) is 0 Å². The van der Waals surface area contributed by atoms with Crippen molar-refractivity contribution in [3.05, 3.63) is 22.5 Å². The summed E-state index contributed by atoms with van der Waals surface area (Å²) in [7, 11) is -3.40. The number of rotatable bonds is 7. The smallest absolute Gasteiger partial charge is 0.306 e. The van der Waals surface area contributed by atoms with Crippen molar-refractivity contribution in [1.82, 2.24) is 19.5 Å². The molecule has 0 aliphatic carbocycles. The van der Waals surface area contributed by atoms with Crippen LogP contribution in [0.15, 0.2) is 16.9 Å². The van der Waals surface area contributed by atoms with Crippen LogP contribution in [0.4, 0.5) is 5.95 Å². The minimum Gasteiger partial charge on any atom is -0.306 e. The largest absolute Gasteiger partial charge is 0.355 e. The van der Waals surface area contributed by atoms with Gasteiger partial charge in [0.1, 0.15) is 6.33 Å². The second-order valence-electron chi connectivity index (χ2n) is 4.59. The van der Waals surface area contributed by atoms with E-state index in [1.54, 1.807) is 13.8 Å². The molecule has 0 unspecified atom stereocenters. The fourth-order valence-corrected chi connectivity index (χ4v) is 3.17. The summed E-state index contributed by atoms with van der Waals surface area (Å²) >= 11 is 0. The molecule has 2 aromatic rings. The van der Waals surface area contributed by atoms with E-state index in [1.807, 2.05) is 0 Å². The monoisotopic (exact) mass is 355 g/mol. The van der Waals surface area contributed by atoms with Crippen LogP contribution in [-0.4, -0.2) is 38.6 Å². The fourth-order valence-electron chi connectivity index (χ4n) is 1.90. The number of anilines is 1. The molecule has 2 aromatic heterocycles. The van der Waals surface area contributed by atoms with Gasteiger partial charge in [0.15, 0.2) is 11.2 Å². The molecular formula is C13H18N5O5P. The van der Waals surface area contributed by atoms with Gasteiger partial charge in [0.05, 0.1) is 13.2 Å². The summed E-state index contributed by atoms with van der Waals surface area (Å²) in [6.45, 7) is 5.13. The molecule has 0 aliphatic rings. The number of hydrogen-bond donors (Lipinski definition) is 2. The lowest BCUT2D eigenvalue weighted by Crippen LogP contribution is -2.16. The number of imidazole rings is 1. The van der Waals surface area contributed by atoms with Crippen LogP contribution in [0.2, 0.25) is 0 Å². The average Bonchev–Trinajstić information content (AvgIpc) is 2.89. The van der Waals surface area contributed by atoms with Crippen molar-refractivity contribution in [1.29, 1.82) is 0 Å². The highest BCUT2D eigenvalue weighted by atomic mass is 31.2. The number of nitrogens with zero attached hydrogens (tertiary/aromatic N) is 3. The van der Waals surface area contributed by atoms with Gasteiger partial charge in [0.25, 0.3) is 5.56 Å². The lowest BCUT2D eigenvalue weighted by molar-refractivity contribution is -0.114. The van der Waals surface area contributed by atoms with Crippen molar-refractivity contribution < 1.29 is 18.4 Å². The van der Waals surface area contributed by atoms with Crippen molar-refractivity contribution >= 4 is 36.8 Å². The van der Waals surface area contributed by atoms with Crippen LogP contribution in [0, 0.1) is 0 Å². The lowest BCUT2D eigenvalue weighted by Gasteiger charge is -2.12. The Bertz CT molecular complexity index is 861. The number of nitrogens with one attached hydrogen (secondary N) is 2. The summed E-state index contributed by atoms with van der Waals surface area (Å²) in [6, 6.07) is 0. The summed E-state index contributed by atoms with van der Waals surface area (Å²) in [6.07, 6.45) is 2.73. The van der Waals surface area contributed by atoms with E-state index in [2.05, 4.69) is 20.3 Å². The number of carbonyl (C=O) groups excluding carboxylic acids is 1. The van der Waals surface area contributed by atoms with Crippen molar-refractivity contribution in [2.75, 3.05) is 18.5 Å². The van der Waals surface area contributed by atoms with E-state index in [-0.39, 0.29) is 36.2 Å². The van der Waals surface area contributed by atoms with Gasteiger partial charge in [-0.2, -0.15) is 4.98 Å². The third-order valence-corrected chi connectivity index (χ3v) is 4.49. The van der Waals surface area contributed by atoms with Gasteiger partial charge in [-0.15, -0.1) is 0 Å². The quantitative estimate of drug-likeness (QED) is 0.724. The highest BCUT2D eigenvalue weighted by molar-refractivity contribution is 7.57. The van der Waals surface area contributed by atoms with Gasteiger partial charge in [-0.1, -0.05) is 0 Å². The highest BCUT2D eigenvalue weighted by Crippen LogP contribution is 2.49. The Labute approximate surface area is 137 Å². The predicted octanol–water partition coefficient (Wildman–Crippen LogP) is 1.77. The summed E-state index contributed by atoms with van der Waals surface area (Å²) in [5.74, 6) is 0.881. The summed E-state index contributed by atoms with van der Waals surface area (Å²) in [4.78, 5) is 33.5. The van der Waals surface area contributed by atoms with Gasteiger partial charge in [-0.3, -0.25) is 29.0 Å². The van der Waals surface area contributed by atoms with Crippen molar-refractivity contribution in [3.8, 4) is 0 Å². The molecular weight excluding hydrogens is 337 g/mol. The molecule has 0 aromatic carbocycles. The number of carbonyl (C=O) groups is 1. The zero-order valence-electron chi connectivity index (χ0n) is 13.5. The second kappa shape index (κ2) is 7.52. The number of amides is 1. The van der Waals surface area contributed by atoms with Gasteiger partial charge in [0.2, 0.25) is 11.9 Å². The molecule has 2 N–H and O–H groups in total. The van der Waals surface area contributed by atoms with E-state index < -0.39 is 13.2 Å². The molecule has 0 fully saturated rings. The number of H-pyrrole nitrogens is 1. The van der Waals surface area contributed by atoms with Gasteiger partial charge in [-0.25, -0.2) is 4.98 Å². The Morgan fingerprint density at radius 3 is 2.67 bits per heavy atom. The summed E-state index contributed by atoms with van der Waals surface area (Å²) < 4.78 is 24.1. The molecule has 2 heterocycles. The Morgan fingerprint density at radius 1 is 1.42 bits per heavy atom. The standard InChI is InChI=1S/C13H18N5O5P/c1-4-22-24(21,23-5-2)7-6-18-8-14-10-11(18)16-13(15-9(3)19)17-12(10)20/h6-8H,4-5H2,1-3H3,(H2,15,16,17,19,20)/b7-6-. The molecule has 0 saturated carbocycles. The van der Waals surface area contributed by atoms with Crippen LogP contribution < -0.4 is 10.9 Å². The van der Waals surface area contributed by atoms with E-state index in [9.17, 15) is 14.2 Å².